The van der Waals surface area contributed by atoms with Crippen molar-refractivity contribution in [3.8, 4) is 11.5 Å². The van der Waals surface area contributed by atoms with E-state index in [0.29, 0.717) is 23.8 Å². The van der Waals surface area contributed by atoms with Gasteiger partial charge in [-0.05, 0) is 44.3 Å². The van der Waals surface area contributed by atoms with E-state index < -0.39 is 0 Å². The van der Waals surface area contributed by atoms with Crippen LogP contribution in [0.2, 0.25) is 0 Å². The van der Waals surface area contributed by atoms with Gasteiger partial charge in [-0.25, -0.2) is 0 Å². The molecule has 7 heteroatoms. The number of hydrogen-bond donors (Lipinski definition) is 1. The highest BCUT2D eigenvalue weighted by atomic mass is 79.9. The van der Waals surface area contributed by atoms with Crippen molar-refractivity contribution < 1.29 is 4.52 Å². The molecule has 0 aromatic carbocycles. The number of aromatic nitrogens is 3. The molecular formula is C11H10Br2N4O. The molecule has 0 bridgehead atoms. The summed E-state index contributed by atoms with van der Waals surface area (Å²) >= 11 is 6.73. The zero-order valence-corrected chi connectivity index (χ0v) is 12.5. The predicted octanol–water partition coefficient (Wildman–Crippen LogP) is 3.23. The number of pyridine rings is 1. The number of nitrogens with zero attached hydrogens (tertiary/aromatic N) is 3. The van der Waals surface area contributed by atoms with Crippen molar-refractivity contribution >= 4 is 31.9 Å². The van der Waals surface area contributed by atoms with Crippen molar-refractivity contribution in [2.24, 2.45) is 5.73 Å². The van der Waals surface area contributed by atoms with E-state index in [1.165, 1.54) is 0 Å². The van der Waals surface area contributed by atoms with Crippen molar-refractivity contribution in [1.29, 1.82) is 0 Å². The fourth-order valence-electron chi connectivity index (χ4n) is 1.34. The SMILES string of the molecule is C=CCC(N)c1nc(-c2ncc(Br)cc2Br)no1. The van der Waals surface area contributed by atoms with Crippen molar-refractivity contribution in [3.05, 3.63) is 39.8 Å². The second-order valence-electron chi connectivity index (χ2n) is 3.57. The van der Waals surface area contributed by atoms with Gasteiger partial charge in [0.15, 0.2) is 0 Å². The van der Waals surface area contributed by atoms with E-state index in [9.17, 15) is 0 Å². The third-order valence-corrected chi connectivity index (χ3v) is 3.24. The average molecular weight is 374 g/mol. The average Bonchev–Trinajstić information content (AvgIpc) is 2.78. The Bertz CT molecular complexity index is 570. The topological polar surface area (TPSA) is 77.8 Å². The molecule has 1 atom stereocenters. The standard InChI is InChI=1S/C11H10Br2N4O/c1-2-3-8(14)11-16-10(17-18-11)9-7(13)4-6(12)5-15-9/h2,4-5,8H,1,3,14H2. The Morgan fingerprint density at radius 2 is 2.28 bits per heavy atom. The molecular weight excluding hydrogens is 364 g/mol. The van der Waals surface area contributed by atoms with E-state index >= 15 is 0 Å². The van der Waals surface area contributed by atoms with E-state index in [4.69, 9.17) is 10.3 Å². The maximum atomic E-state index is 5.85. The fraction of sp³-hybridized carbons (Fsp3) is 0.182. The fourth-order valence-corrected chi connectivity index (χ4v) is 2.51. The van der Waals surface area contributed by atoms with Gasteiger partial charge in [0.1, 0.15) is 5.69 Å². The first-order chi connectivity index (χ1) is 8.61. The maximum absolute atomic E-state index is 5.85. The summed E-state index contributed by atoms with van der Waals surface area (Å²) in [6.45, 7) is 3.62. The van der Waals surface area contributed by atoms with Crippen LogP contribution in [0, 0.1) is 0 Å². The van der Waals surface area contributed by atoms with Crippen LogP contribution in [0.4, 0.5) is 0 Å². The zero-order valence-electron chi connectivity index (χ0n) is 9.31. The molecule has 0 aliphatic heterocycles. The molecule has 2 aromatic rings. The minimum Gasteiger partial charge on any atom is -0.337 e. The molecule has 0 fully saturated rings. The van der Waals surface area contributed by atoms with Crippen molar-refractivity contribution in [2.75, 3.05) is 0 Å². The van der Waals surface area contributed by atoms with Crippen LogP contribution in [0.25, 0.3) is 11.5 Å². The quantitative estimate of drug-likeness (QED) is 0.832. The Morgan fingerprint density at radius 1 is 1.50 bits per heavy atom. The lowest BCUT2D eigenvalue weighted by Crippen LogP contribution is -2.09. The van der Waals surface area contributed by atoms with Gasteiger partial charge in [-0.2, -0.15) is 4.98 Å². The molecule has 2 aromatic heterocycles. The number of nitrogens with two attached hydrogens (primary N) is 1. The number of rotatable bonds is 4. The molecule has 94 valence electrons. The third-order valence-electron chi connectivity index (χ3n) is 2.20. The predicted molar refractivity (Wildman–Crippen MR) is 74.7 cm³/mol. The second-order valence-corrected chi connectivity index (χ2v) is 5.34. The van der Waals surface area contributed by atoms with Gasteiger partial charge in [-0.3, -0.25) is 4.98 Å². The summed E-state index contributed by atoms with van der Waals surface area (Å²) in [4.78, 5) is 8.46. The summed E-state index contributed by atoms with van der Waals surface area (Å²) < 4.78 is 6.76. The lowest BCUT2D eigenvalue weighted by Gasteiger charge is -2.00. The minimum absolute atomic E-state index is 0.335. The van der Waals surface area contributed by atoms with Gasteiger partial charge in [0.25, 0.3) is 0 Å². The van der Waals surface area contributed by atoms with Crippen LogP contribution in [-0.2, 0) is 0 Å². The summed E-state index contributed by atoms with van der Waals surface area (Å²) in [7, 11) is 0. The molecule has 0 aliphatic rings. The smallest absolute Gasteiger partial charge is 0.244 e. The van der Waals surface area contributed by atoms with E-state index in [1.54, 1.807) is 12.3 Å². The molecule has 0 saturated heterocycles. The Labute approximate surface area is 121 Å². The van der Waals surface area contributed by atoms with E-state index in [2.05, 4.69) is 53.6 Å². The second kappa shape index (κ2) is 5.73. The van der Waals surface area contributed by atoms with Crippen LogP contribution in [0.5, 0.6) is 0 Å². The first-order valence-corrected chi connectivity index (χ1v) is 6.72. The van der Waals surface area contributed by atoms with Crippen molar-refractivity contribution in [2.45, 2.75) is 12.5 Å². The Morgan fingerprint density at radius 3 is 2.94 bits per heavy atom. The van der Waals surface area contributed by atoms with E-state index in [1.807, 2.05) is 6.07 Å². The first-order valence-electron chi connectivity index (χ1n) is 5.13. The van der Waals surface area contributed by atoms with Gasteiger partial charge in [-0.15, -0.1) is 6.58 Å². The summed E-state index contributed by atoms with van der Waals surface area (Å²) in [5, 5.41) is 3.87. The molecule has 2 heterocycles. The van der Waals surface area contributed by atoms with Crippen LogP contribution >= 0.6 is 31.9 Å². The zero-order chi connectivity index (χ0) is 13.1. The van der Waals surface area contributed by atoms with E-state index in [0.717, 1.165) is 8.95 Å². The van der Waals surface area contributed by atoms with E-state index in [-0.39, 0.29) is 6.04 Å². The largest absolute Gasteiger partial charge is 0.337 e. The lowest BCUT2D eigenvalue weighted by molar-refractivity contribution is 0.355. The summed E-state index contributed by atoms with van der Waals surface area (Å²) in [5.41, 5.74) is 6.46. The highest BCUT2D eigenvalue weighted by Crippen LogP contribution is 2.27. The molecule has 0 spiro atoms. The van der Waals surface area contributed by atoms with Gasteiger partial charge in [-0.1, -0.05) is 11.2 Å². The Kier molecular flexibility index (Phi) is 4.26. The monoisotopic (exact) mass is 372 g/mol. The summed E-state index contributed by atoms with van der Waals surface area (Å²) in [5.74, 6) is 0.783. The van der Waals surface area contributed by atoms with Crippen LogP contribution in [0.3, 0.4) is 0 Å². The van der Waals surface area contributed by atoms with Gasteiger partial charge in [0.2, 0.25) is 11.7 Å². The third kappa shape index (κ3) is 2.85. The highest BCUT2D eigenvalue weighted by Gasteiger charge is 2.17. The maximum Gasteiger partial charge on any atom is 0.244 e. The van der Waals surface area contributed by atoms with Gasteiger partial charge >= 0.3 is 0 Å². The van der Waals surface area contributed by atoms with Crippen molar-refractivity contribution in [1.82, 2.24) is 15.1 Å². The van der Waals surface area contributed by atoms with Gasteiger partial charge < -0.3 is 10.3 Å². The Hall–Kier alpha value is -1.05. The molecule has 1 unspecified atom stereocenters. The van der Waals surface area contributed by atoms with Crippen LogP contribution in [-0.4, -0.2) is 15.1 Å². The minimum atomic E-state index is -0.335. The van der Waals surface area contributed by atoms with Crippen molar-refractivity contribution in [3.63, 3.8) is 0 Å². The number of halogens is 2. The van der Waals surface area contributed by atoms with Crippen LogP contribution in [0.1, 0.15) is 18.4 Å². The summed E-state index contributed by atoms with van der Waals surface area (Å²) in [6.07, 6.45) is 3.96. The normalized spacial score (nSPS) is 12.4. The molecule has 0 saturated carbocycles. The highest BCUT2D eigenvalue weighted by molar-refractivity contribution is 9.11. The number of hydrogen-bond acceptors (Lipinski definition) is 5. The molecule has 2 N–H and O–H groups in total. The van der Waals surface area contributed by atoms with Crippen LogP contribution < -0.4 is 5.73 Å². The first kappa shape index (κ1) is 13.4. The van der Waals surface area contributed by atoms with Gasteiger partial charge in [0, 0.05) is 15.1 Å². The molecule has 2 rings (SSSR count). The molecule has 0 amide bonds. The lowest BCUT2D eigenvalue weighted by atomic mass is 10.2. The molecule has 0 aliphatic carbocycles. The van der Waals surface area contributed by atoms with Gasteiger partial charge in [0.05, 0.1) is 6.04 Å². The molecule has 0 radical (unpaired) electrons. The van der Waals surface area contributed by atoms with Crippen LogP contribution in [0.15, 0.2) is 38.4 Å². The Balaban J connectivity index is 2.32. The molecule has 18 heavy (non-hydrogen) atoms. The molecule has 5 nitrogen and oxygen atoms in total. The summed E-state index contributed by atoms with van der Waals surface area (Å²) in [6, 6.07) is 1.53.